The molecule has 0 spiro atoms. The smallest absolute Gasteiger partial charge is 0.233 e. The molecular weight excluding hydrogens is 370 g/mol. The van der Waals surface area contributed by atoms with E-state index < -0.39 is 0 Å². The molecule has 0 N–H and O–H groups in total. The van der Waals surface area contributed by atoms with Crippen molar-refractivity contribution in [1.29, 1.82) is 0 Å². The lowest BCUT2D eigenvalue weighted by Gasteiger charge is -2.35. The van der Waals surface area contributed by atoms with Gasteiger partial charge in [0.25, 0.3) is 0 Å². The second-order valence-electron chi connectivity index (χ2n) is 6.71. The van der Waals surface area contributed by atoms with E-state index in [-0.39, 0.29) is 12.1 Å². The molecule has 0 bridgehead atoms. The minimum Gasteiger partial charge on any atom is -0.424 e. The molecule has 0 amide bonds. The maximum absolute atomic E-state index is 5.95. The van der Waals surface area contributed by atoms with Crippen molar-refractivity contribution in [3.63, 3.8) is 0 Å². The molecule has 130 valence electrons. The van der Waals surface area contributed by atoms with E-state index in [1.54, 1.807) is 0 Å². The van der Waals surface area contributed by atoms with Crippen molar-refractivity contribution in [1.82, 2.24) is 15.1 Å². The van der Waals surface area contributed by atoms with Crippen LogP contribution in [-0.2, 0) is 11.2 Å². The van der Waals surface area contributed by atoms with E-state index in [9.17, 15) is 0 Å². The second-order valence-corrected chi connectivity index (χ2v) is 7.63. The van der Waals surface area contributed by atoms with E-state index in [2.05, 4.69) is 76.1 Å². The SMILES string of the molecule is CC(C)Cc1nnc(C(C)N2CCOC(c3ccc(Br)cc3)C2)o1. The molecule has 1 aliphatic rings. The van der Waals surface area contributed by atoms with Crippen molar-refractivity contribution in [3.8, 4) is 0 Å². The van der Waals surface area contributed by atoms with Gasteiger partial charge < -0.3 is 9.15 Å². The Labute approximate surface area is 151 Å². The van der Waals surface area contributed by atoms with Gasteiger partial charge in [0.1, 0.15) is 0 Å². The summed E-state index contributed by atoms with van der Waals surface area (Å²) < 4.78 is 12.9. The Morgan fingerprint density at radius 2 is 1.96 bits per heavy atom. The molecule has 1 saturated heterocycles. The third kappa shape index (κ3) is 4.23. The molecule has 1 fully saturated rings. The van der Waals surface area contributed by atoms with Crippen LogP contribution < -0.4 is 0 Å². The summed E-state index contributed by atoms with van der Waals surface area (Å²) in [5.41, 5.74) is 1.20. The maximum atomic E-state index is 5.95. The van der Waals surface area contributed by atoms with Gasteiger partial charge in [-0.3, -0.25) is 4.90 Å². The Kier molecular flexibility index (Phi) is 5.69. The number of ether oxygens (including phenoxy) is 1. The molecule has 0 radical (unpaired) electrons. The molecule has 1 aliphatic heterocycles. The first-order valence-electron chi connectivity index (χ1n) is 8.46. The molecule has 1 aromatic carbocycles. The molecule has 2 aromatic rings. The van der Waals surface area contributed by atoms with Crippen LogP contribution >= 0.6 is 15.9 Å². The predicted octanol–water partition coefficient (Wildman–Crippen LogP) is 4.17. The normalized spacial score (nSPS) is 20.5. The van der Waals surface area contributed by atoms with Gasteiger partial charge in [-0.25, -0.2) is 0 Å². The van der Waals surface area contributed by atoms with Crippen LogP contribution in [0.3, 0.4) is 0 Å². The average Bonchev–Trinajstić information content (AvgIpc) is 3.02. The summed E-state index contributed by atoms with van der Waals surface area (Å²) in [5, 5.41) is 8.43. The number of hydrogen-bond donors (Lipinski definition) is 0. The molecule has 0 aliphatic carbocycles. The molecule has 5 nitrogen and oxygen atoms in total. The zero-order valence-electron chi connectivity index (χ0n) is 14.4. The van der Waals surface area contributed by atoms with Gasteiger partial charge in [-0.15, -0.1) is 10.2 Å². The average molecular weight is 394 g/mol. The highest BCUT2D eigenvalue weighted by Crippen LogP contribution is 2.29. The van der Waals surface area contributed by atoms with E-state index in [0.717, 1.165) is 29.9 Å². The number of aromatic nitrogens is 2. The second kappa shape index (κ2) is 7.76. The van der Waals surface area contributed by atoms with Crippen LogP contribution in [0, 0.1) is 5.92 Å². The quantitative estimate of drug-likeness (QED) is 0.762. The van der Waals surface area contributed by atoms with E-state index in [0.29, 0.717) is 18.4 Å². The van der Waals surface area contributed by atoms with E-state index in [4.69, 9.17) is 9.15 Å². The fourth-order valence-corrected chi connectivity index (χ4v) is 3.19. The molecule has 2 heterocycles. The number of benzene rings is 1. The van der Waals surface area contributed by atoms with Crippen molar-refractivity contribution >= 4 is 15.9 Å². The largest absolute Gasteiger partial charge is 0.424 e. The van der Waals surface area contributed by atoms with Crippen LogP contribution in [0.2, 0.25) is 0 Å². The molecule has 2 atom stereocenters. The Morgan fingerprint density at radius 1 is 1.21 bits per heavy atom. The Morgan fingerprint density at radius 3 is 2.67 bits per heavy atom. The molecular formula is C18H24BrN3O2. The fourth-order valence-electron chi connectivity index (χ4n) is 2.92. The molecule has 24 heavy (non-hydrogen) atoms. The van der Waals surface area contributed by atoms with Gasteiger partial charge in [0.05, 0.1) is 18.8 Å². The summed E-state index contributed by atoms with van der Waals surface area (Å²) in [6.45, 7) is 8.83. The van der Waals surface area contributed by atoms with Crippen LogP contribution in [0.1, 0.15) is 50.3 Å². The van der Waals surface area contributed by atoms with Crippen LogP contribution in [0.15, 0.2) is 33.2 Å². The van der Waals surface area contributed by atoms with E-state index in [1.807, 2.05) is 0 Å². The van der Waals surface area contributed by atoms with Crippen LogP contribution in [-0.4, -0.2) is 34.8 Å². The lowest BCUT2D eigenvalue weighted by atomic mass is 10.1. The van der Waals surface area contributed by atoms with Crippen LogP contribution in [0.5, 0.6) is 0 Å². The molecule has 6 heteroatoms. The highest BCUT2D eigenvalue weighted by atomic mass is 79.9. The Hall–Kier alpha value is -1.24. The third-order valence-electron chi connectivity index (χ3n) is 4.31. The van der Waals surface area contributed by atoms with Gasteiger partial charge in [0.2, 0.25) is 11.8 Å². The first-order chi connectivity index (χ1) is 11.5. The van der Waals surface area contributed by atoms with Gasteiger partial charge in [0, 0.05) is 24.0 Å². The number of morpholine rings is 1. The molecule has 1 aromatic heterocycles. The van der Waals surface area contributed by atoms with Crippen molar-refractivity contribution in [2.75, 3.05) is 19.7 Å². The first kappa shape index (κ1) is 17.6. The van der Waals surface area contributed by atoms with Gasteiger partial charge in [-0.2, -0.15) is 0 Å². The summed E-state index contributed by atoms with van der Waals surface area (Å²) in [5.74, 6) is 1.94. The molecule has 3 rings (SSSR count). The van der Waals surface area contributed by atoms with Crippen molar-refractivity contribution < 1.29 is 9.15 Å². The maximum Gasteiger partial charge on any atom is 0.233 e. The summed E-state index contributed by atoms with van der Waals surface area (Å²) in [6, 6.07) is 8.42. The van der Waals surface area contributed by atoms with Crippen LogP contribution in [0.4, 0.5) is 0 Å². The lowest BCUT2D eigenvalue weighted by molar-refractivity contribution is -0.0465. The molecule has 0 saturated carbocycles. The fraction of sp³-hybridized carbons (Fsp3) is 0.556. The Bertz CT molecular complexity index is 657. The molecule has 2 unspecified atom stereocenters. The highest BCUT2D eigenvalue weighted by Gasteiger charge is 2.28. The number of hydrogen-bond acceptors (Lipinski definition) is 5. The van der Waals surface area contributed by atoms with E-state index in [1.165, 1.54) is 5.56 Å². The van der Waals surface area contributed by atoms with Crippen molar-refractivity contribution in [2.24, 2.45) is 5.92 Å². The zero-order chi connectivity index (χ0) is 17.1. The minimum atomic E-state index is 0.0763. The van der Waals surface area contributed by atoms with Crippen LogP contribution in [0.25, 0.3) is 0 Å². The minimum absolute atomic E-state index is 0.0763. The van der Waals surface area contributed by atoms with Gasteiger partial charge in [0.15, 0.2) is 0 Å². The summed E-state index contributed by atoms with van der Waals surface area (Å²) in [4.78, 5) is 2.35. The van der Waals surface area contributed by atoms with Gasteiger partial charge in [-0.05, 0) is 30.5 Å². The van der Waals surface area contributed by atoms with Crippen molar-refractivity contribution in [2.45, 2.75) is 39.3 Å². The van der Waals surface area contributed by atoms with Crippen molar-refractivity contribution in [3.05, 3.63) is 46.1 Å². The summed E-state index contributed by atoms with van der Waals surface area (Å²) in [7, 11) is 0. The summed E-state index contributed by atoms with van der Waals surface area (Å²) in [6.07, 6.45) is 0.900. The Balaban J connectivity index is 1.67. The van der Waals surface area contributed by atoms with Gasteiger partial charge >= 0.3 is 0 Å². The standard InChI is InChI=1S/C18H24BrN3O2/c1-12(2)10-17-20-21-18(24-17)13(3)22-8-9-23-16(11-22)14-4-6-15(19)7-5-14/h4-7,12-13,16H,8-11H2,1-3H3. The number of halogens is 1. The third-order valence-corrected chi connectivity index (χ3v) is 4.84. The monoisotopic (exact) mass is 393 g/mol. The topological polar surface area (TPSA) is 51.4 Å². The number of nitrogens with zero attached hydrogens (tertiary/aromatic N) is 3. The lowest BCUT2D eigenvalue weighted by Crippen LogP contribution is -2.40. The first-order valence-corrected chi connectivity index (χ1v) is 9.25. The zero-order valence-corrected chi connectivity index (χ0v) is 16.0. The number of rotatable bonds is 5. The van der Waals surface area contributed by atoms with E-state index >= 15 is 0 Å². The van der Waals surface area contributed by atoms with Gasteiger partial charge in [-0.1, -0.05) is 41.9 Å². The highest BCUT2D eigenvalue weighted by molar-refractivity contribution is 9.10. The summed E-state index contributed by atoms with van der Waals surface area (Å²) >= 11 is 3.48. The predicted molar refractivity (Wildman–Crippen MR) is 95.7 cm³/mol.